The van der Waals surface area contributed by atoms with Crippen LogP contribution in [0.2, 0.25) is 0 Å². The molecule has 0 aliphatic carbocycles. The van der Waals surface area contributed by atoms with Crippen molar-refractivity contribution in [3.63, 3.8) is 0 Å². The fraction of sp³-hybridized carbons (Fsp3) is 0.424. The van der Waals surface area contributed by atoms with Crippen LogP contribution in [0.4, 0.5) is 0 Å². The third kappa shape index (κ3) is 7.00. The largest absolute Gasteiger partial charge is 0.485 e. The normalized spacial score (nSPS) is 18.4. The number of ether oxygens (including phenoxy) is 1. The summed E-state index contributed by atoms with van der Waals surface area (Å²) in [5.41, 5.74) is 1.49. The van der Waals surface area contributed by atoms with Crippen LogP contribution in [0.1, 0.15) is 74.6 Å². The van der Waals surface area contributed by atoms with Crippen LogP contribution >= 0.6 is 0 Å². The van der Waals surface area contributed by atoms with Gasteiger partial charge in [-0.15, -0.1) is 0 Å². The second kappa shape index (κ2) is 12.0. The molecule has 0 saturated carbocycles. The summed E-state index contributed by atoms with van der Waals surface area (Å²) in [5.74, 6) is 0.170. The Morgan fingerprint density at radius 1 is 1.00 bits per heavy atom. The molecule has 0 bridgehead atoms. The van der Waals surface area contributed by atoms with Crippen molar-refractivity contribution in [2.75, 3.05) is 13.1 Å². The third-order valence-corrected chi connectivity index (χ3v) is 9.24. The second-order valence-electron chi connectivity index (χ2n) is 12.4. The molecule has 0 saturated heterocycles. The molecule has 0 spiro atoms. The average molecular weight is 579 g/mol. The molecule has 4 rings (SSSR count). The van der Waals surface area contributed by atoms with Gasteiger partial charge in [0, 0.05) is 24.2 Å². The van der Waals surface area contributed by atoms with Gasteiger partial charge in [-0.05, 0) is 73.6 Å². The Labute approximate surface area is 244 Å². The van der Waals surface area contributed by atoms with Crippen LogP contribution < -0.4 is 10.1 Å². The van der Waals surface area contributed by atoms with Gasteiger partial charge < -0.3 is 15.2 Å². The maximum absolute atomic E-state index is 14.3. The standard InChI is InChI=1S/C33H42N2O5S/c1-7-23-13-16-26(17-14-23)41(38,39)35(22-32(2,3)4)29-27-21-25(15-18-28(27)40-33(5,6)30(29)36)31(37)34-20-19-24-11-9-8-10-12-24/h8-18,21,29-30,36H,7,19-20,22H2,1-6H3,(H,34,37)/t29-,30+/m1/s1. The van der Waals surface area contributed by atoms with Crippen molar-refractivity contribution in [2.45, 2.75) is 77.0 Å². The molecule has 41 heavy (non-hydrogen) atoms. The van der Waals surface area contributed by atoms with Crippen molar-refractivity contribution in [2.24, 2.45) is 5.41 Å². The minimum Gasteiger partial charge on any atom is -0.485 e. The highest BCUT2D eigenvalue weighted by Crippen LogP contribution is 2.46. The van der Waals surface area contributed by atoms with E-state index in [9.17, 15) is 18.3 Å². The van der Waals surface area contributed by atoms with Gasteiger partial charge in [-0.2, -0.15) is 4.31 Å². The zero-order chi connectivity index (χ0) is 30.0. The minimum atomic E-state index is -4.05. The number of hydrogen-bond donors (Lipinski definition) is 2. The van der Waals surface area contributed by atoms with Gasteiger partial charge in [0.05, 0.1) is 10.9 Å². The molecule has 8 heteroatoms. The molecule has 2 N–H and O–H groups in total. The van der Waals surface area contributed by atoms with Crippen LogP contribution in [0.3, 0.4) is 0 Å². The van der Waals surface area contributed by atoms with E-state index < -0.39 is 33.2 Å². The third-order valence-electron chi connectivity index (χ3n) is 7.40. The SMILES string of the molecule is CCc1ccc(S(=O)(=O)N(CC(C)(C)C)[C@@H]2c3cc(C(=O)NCCc4ccccc4)ccc3OC(C)(C)[C@H]2O)cc1. The van der Waals surface area contributed by atoms with Gasteiger partial charge >= 0.3 is 0 Å². The molecule has 0 fully saturated rings. The summed E-state index contributed by atoms with van der Waals surface area (Å²) in [7, 11) is -4.05. The van der Waals surface area contributed by atoms with Crippen LogP contribution in [0.5, 0.6) is 5.75 Å². The Morgan fingerprint density at radius 3 is 2.27 bits per heavy atom. The maximum Gasteiger partial charge on any atom is 0.251 e. The van der Waals surface area contributed by atoms with E-state index >= 15 is 0 Å². The van der Waals surface area contributed by atoms with Gasteiger partial charge in [-0.1, -0.05) is 70.2 Å². The van der Waals surface area contributed by atoms with Gasteiger partial charge in [0.15, 0.2) is 0 Å². The first-order chi connectivity index (χ1) is 19.2. The van der Waals surface area contributed by atoms with Crippen molar-refractivity contribution >= 4 is 15.9 Å². The number of rotatable bonds is 9. The lowest BCUT2D eigenvalue weighted by Gasteiger charge is -2.47. The van der Waals surface area contributed by atoms with E-state index in [1.807, 2.05) is 70.2 Å². The van der Waals surface area contributed by atoms with E-state index in [1.54, 1.807) is 44.2 Å². The molecule has 0 unspecified atom stereocenters. The Balaban J connectivity index is 1.74. The predicted octanol–water partition coefficient (Wildman–Crippen LogP) is 5.53. The van der Waals surface area contributed by atoms with E-state index in [0.717, 1.165) is 17.5 Å². The van der Waals surface area contributed by atoms with Crippen LogP contribution in [0.25, 0.3) is 0 Å². The number of benzene rings is 3. The van der Waals surface area contributed by atoms with E-state index in [0.29, 0.717) is 29.8 Å². The second-order valence-corrected chi connectivity index (χ2v) is 14.3. The summed E-state index contributed by atoms with van der Waals surface area (Å²) in [6.07, 6.45) is 0.283. The summed E-state index contributed by atoms with van der Waals surface area (Å²) in [6.45, 7) is 12.0. The summed E-state index contributed by atoms with van der Waals surface area (Å²) in [6, 6.07) is 20.8. The van der Waals surface area contributed by atoms with Crippen LogP contribution in [0, 0.1) is 5.41 Å². The van der Waals surface area contributed by atoms with Crippen molar-refractivity contribution in [1.29, 1.82) is 0 Å². The fourth-order valence-corrected chi connectivity index (χ4v) is 6.96. The molecule has 7 nitrogen and oxygen atoms in total. The predicted molar refractivity (Wildman–Crippen MR) is 162 cm³/mol. The highest BCUT2D eigenvalue weighted by molar-refractivity contribution is 7.89. The highest BCUT2D eigenvalue weighted by Gasteiger charge is 2.49. The molecule has 1 aliphatic rings. The van der Waals surface area contributed by atoms with Crippen LogP contribution in [-0.4, -0.2) is 48.5 Å². The number of hydrogen-bond acceptors (Lipinski definition) is 5. The summed E-state index contributed by atoms with van der Waals surface area (Å²) >= 11 is 0. The molecular formula is C33H42N2O5S. The van der Waals surface area contributed by atoms with Gasteiger partial charge in [0.1, 0.15) is 17.5 Å². The number of carbonyl (C=O) groups is 1. The topological polar surface area (TPSA) is 95.9 Å². The van der Waals surface area contributed by atoms with Crippen molar-refractivity contribution < 1.29 is 23.1 Å². The number of amides is 1. The molecular weight excluding hydrogens is 536 g/mol. The monoisotopic (exact) mass is 578 g/mol. The molecule has 0 radical (unpaired) electrons. The highest BCUT2D eigenvalue weighted by atomic mass is 32.2. The van der Waals surface area contributed by atoms with Crippen molar-refractivity contribution in [3.8, 4) is 5.75 Å². The van der Waals surface area contributed by atoms with Crippen LogP contribution in [0.15, 0.2) is 77.7 Å². The average Bonchev–Trinajstić information content (AvgIpc) is 2.92. The van der Waals surface area contributed by atoms with Gasteiger partial charge in [-0.3, -0.25) is 4.79 Å². The molecule has 1 amide bonds. The number of carbonyl (C=O) groups excluding carboxylic acids is 1. The maximum atomic E-state index is 14.3. The van der Waals surface area contributed by atoms with E-state index in [1.165, 1.54) is 4.31 Å². The molecule has 220 valence electrons. The Morgan fingerprint density at radius 2 is 1.66 bits per heavy atom. The first-order valence-corrected chi connectivity index (χ1v) is 15.6. The molecule has 0 aromatic heterocycles. The number of aliphatic hydroxyl groups is 1. The van der Waals surface area contributed by atoms with Gasteiger partial charge in [-0.25, -0.2) is 8.42 Å². The number of nitrogens with one attached hydrogen (secondary N) is 1. The Hall–Kier alpha value is -3.20. The zero-order valence-electron chi connectivity index (χ0n) is 24.8. The molecule has 2 atom stereocenters. The quantitative estimate of drug-likeness (QED) is 0.348. The first kappa shape index (κ1) is 30.8. The number of aliphatic hydroxyl groups excluding tert-OH is 1. The minimum absolute atomic E-state index is 0.148. The number of aryl methyl sites for hydroxylation is 1. The molecule has 3 aromatic rings. The Bertz CT molecular complexity index is 1460. The Kier molecular flexibility index (Phi) is 8.97. The van der Waals surface area contributed by atoms with E-state index in [2.05, 4.69) is 5.32 Å². The van der Waals surface area contributed by atoms with E-state index in [4.69, 9.17) is 4.74 Å². The van der Waals surface area contributed by atoms with E-state index in [-0.39, 0.29) is 17.3 Å². The lowest BCUT2D eigenvalue weighted by Crippen LogP contribution is -2.55. The molecule has 1 heterocycles. The zero-order valence-corrected chi connectivity index (χ0v) is 25.7. The van der Waals surface area contributed by atoms with Crippen molar-refractivity contribution in [3.05, 3.63) is 95.1 Å². The van der Waals surface area contributed by atoms with Gasteiger partial charge in [0.25, 0.3) is 5.91 Å². The lowest BCUT2D eigenvalue weighted by atomic mass is 9.85. The van der Waals surface area contributed by atoms with Crippen molar-refractivity contribution in [1.82, 2.24) is 9.62 Å². The van der Waals surface area contributed by atoms with Gasteiger partial charge in [0.2, 0.25) is 10.0 Å². The summed E-state index contributed by atoms with van der Waals surface area (Å²) in [5, 5.41) is 14.6. The molecule has 1 aliphatic heterocycles. The number of sulfonamides is 1. The molecule has 3 aromatic carbocycles. The first-order valence-electron chi connectivity index (χ1n) is 14.2. The number of nitrogens with zero attached hydrogens (tertiary/aromatic N) is 1. The van der Waals surface area contributed by atoms with Crippen LogP contribution in [-0.2, 0) is 22.9 Å². The summed E-state index contributed by atoms with van der Waals surface area (Å²) in [4.78, 5) is 13.3. The lowest BCUT2D eigenvalue weighted by molar-refractivity contribution is -0.0818. The summed E-state index contributed by atoms with van der Waals surface area (Å²) < 4.78 is 36.1. The smallest absolute Gasteiger partial charge is 0.251 e. The fourth-order valence-electron chi connectivity index (χ4n) is 5.12. The number of fused-ring (bicyclic) bond motifs is 1.